The number of rotatable bonds is 27. The molecule has 0 aliphatic carbocycles. The quantitative estimate of drug-likeness (QED) is 0.100. The van der Waals surface area contributed by atoms with Gasteiger partial charge in [-0.25, -0.2) is 0 Å². The maximum absolute atomic E-state index is 12.8. The lowest BCUT2D eigenvalue weighted by molar-refractivity contribution is -0.139. The summed E-state index contributed by atoms with van der Waals surface area (Å²) in [5, 5.41) is 32.4. The van der Waals surface area contributed by atoms with Crippen LogP contribution in [0.3, 0.4) is 0 Å². The molecule has 4 N–H and O–H groups in total. The van der Waals surface area contributed by atoms with Crippen molar-refractivity contribution < 1.29 is 29.7 Å². The summed E-state index contributed by atoms with van der Waals surface area (Å²) in [5.41, 5.74) is 0. The average Bonchev–Trinajstić information content (AvgIpc) is 2.88. The standard InChI is InChI=1S/C30H58N2O6/c1-3-5-7-9-11-13-15-17-19-26(33)24-32(29(36)23-31-28(35)21-22-30(37)38)25-27(34)20-18-16-14-12-10-8-6-4-2/h26-27,33-34H,3-25H2,1-2H3,(H,31,35)(H,37,38). The Hall–Kier alpha value is -1.67. The molecule has 0 bridgehead atoms. The van der Waals surface area contributed by atoms with Gasteiger partial charge in [-0.3, -0.25) is 14.4 Å². The number of carbonyl (C=O) groups excluding carboxylic acids is 2. The second kappa shape index (κ2) is 25.6. The van der Waals surface area contributed by atoms with Gasteiger partial charge in [-0.1, -0.05) is 117 Å². The van der Waals surface area contributed by atoms with Crippen LogP contribution < -0.4 is 5.32 Å². The Bertz CT molecular complexity index is 573. The number of unbranched alkanes of at least 4 members (excludes halogenated alkanes) is 14. The van der Waals surface area contributed by atoms with Crippen LogP contribution in [0.2, 0.25) is 0 Å². The number of hydrogen-bond acceptors (Lipinski definition) is 5. The van der Waals surface area contributed by atoms with E-state index in [4.69, 9.17) is 5.11 Å². The first-order valence-electron chi connectivity index (χ1n) is 15.4. The molecule has 0 saturated carbocycles. The fourth-order valence-electron chi connectivity index (χ4n) is 4.59. The molecule has 0 heterocycles. The Balaban J connectivity index is 4.53. The number of carboxylic acids is 1. The zero-order chi connectivity index (χ0) is 28.4. The molecule has 0 saturated heterocycles. The van der Waals surface area contributed by atoms with E-state index >= 15 is 0 Å². The lowest BCUT2D eigenvalue weighted by Gasteiger charge is -2.28. The molecule has 8 heteroatoms. The van der Waals surface area contributed by atoms with E-state index in [1.54, 1.807) is 0 Å². The molecule has 0 aromatic carbocycles. The molecule has 8 nitrogen and oxygen atoms in total. The monoisotopic (exact) mass is 542 g/mol. The first-order valence-corrected chi connectivity index (χ1v) is 15.4. The van der Waals surface area contributed by atoms with Crippen molar-refractivity contribution in [2.24, 2.45) is 0 Å². The van der Waals surface area contributed by atoms with Crippen LogP contribution in [0.5, 0.6) is 0 Å². The lowest BCUT2D eigenvalue weighted by atomic mass is 10.0. The van der Waals surface area contributed by atoms with Crippen LogP contribution >= 0.6 is 0 Å². The average molecular weight is 543 g/mol. The summed E-state index contributed by atoms with van der Waals surface area (Å²) in [6.45, 7) is 4.38. The predicted octanol–water partition coefficient (Wildman–Crippen LogP) is 5.58. The molecule has 2 atom stereocenters. The molecule has 0 aliphatic rings. The summed E-state index contributed by atoms with van der Waals surface area (Å²) in [4.78, 5) is 36.8. The highest BCUT2D eigenvalue weighted by molar-refractivity contribution is 5.86. The number of hydrogen-bond donors (Lipinski definition) is 4. The zero-order valence-corrected chi connectivity index (χ0v) is 24.4. The smallest absolute Gasteiger partial charge is 0.303 e. The third kappa shape index (κ3) is 23.4. The summed E-state index contributed by atoms with van der Waals surface area (Å²) >= 11 is 0. The summed E-state index contributed by atoms with van der Waals surface area (Å²) in [7, 11) is 0. The molecule has 0 aromatic rings. The van der Waals surface area contributed by atoms with E-state index in [1.807, 2.05) is 0 Å². The van der Waals surface area contributed by atoms with E-state index < -0.39 is 24.1 Å². The molecule has 224 valence electrons. The van der Waals surface area contributed by atoms with Gasteiger partial charge in [-0.05, 0) is 12.8 Å². The van der Waals surface area contributed by atoms with Gasteiger partial charge in [0.25, 0.3) is 0 Å². The summed E-state index contributed by atoms with van der Waals surface area (Å²) in [6, 6.07) is 0. The van der Waals surface area contributed by atoms with Gasteiger partial charge in [0.15, 0.2) is 0 Å². The molecule has 2 unspecified atom stereocenters. The van der Waals surface area contributed by atoms with Crippen LogP contribution in [0, 0.1) is 0 Å². The minimum Gasteiger partial charge on any atom is -0.481 e. The number of aliphatic hydroxyl groups excluding tert-OH is 2. The summed E-state index contributed by atoms with van der Waals surface area (Å²) < 4.78 is 0. The first-order chi connectivity index (χ1) is 18.3. The van der Waals surface area contributed by atoms with E-state index in [-0.39, 0.29) is 38.4 Å². The SMILES string of the molecule is CCCCCCCCCCC(O)CN(CC(O)CCCCCCCCCC)C(=O)CNC(=O)CCC(=O)O. The molecular weight excluding hydrogens is 484 g/mol. The van der Waals surface area contributed by atoms with Gasteiger partial charge < -0.3 is 25.5 Å². The molecule has 0 aromatic heterocycles. The predicted molar refractivity (Wildman–Crippen MR) is 153 cm³/mol. The third-order valence-corrected chi connectivity index (χ3v) is 7.00. The zero-order valence-electron chi connectivity index (χ0n) is 24.4. The molecule has 0 aliphatic heterocycles. The molecule has 0 fully saturated rings. The Kier molecular flexibility index (Phi) is 24.5. The largest absolute Gasteiger partial charge is 0.481 e. The van der Waals surface area contributed by atoms with Crippen molar-refractivity contribution in [3.8, 4) is 0 Å². The van der Waals surface area contributed by atoms with Crippen molar-refractivity contribution in [2.45, 2.75) is 154 Å². The molecule has 38 heavy (non-hydrogen) atoms. The van der Waals surface area contributed by atoms with Crippen LogP contribution in [-0.4, -0.2) is 69.8 Å². The van der Waals surface area contributed by atoms with Crippen molar-refractivity contribution in [2.75, 3.05) is 19.6 Å². The van der Waals surface area contributed by atoms with E-state index in [0.29, 0.717) is 12.8 Å². The lowest BCUT2D eigenvalue weighted by Crippen LogP contribution is -2.46. The van der Waals surface area contributed by atoms with E-state index in [0.717, 1.165) is 38.5 Å². The van der Waals surface area contributed by atoms with Gasteiger partial charge in [-0.15, -0.1) is 0 Å². The van der Waals surface area contributed by atoms with Gasteiger partial charge in [0.2, 0.25) is 11.8 Å². The second-order valence-electron chi connectivity index (χ2n) is 10.8. The van der Waals surface area contributed by atoms with Gasteiger partial charge in [0, 0.05) is 19.5 Å². The first kappa shape index (κ1) is 36.3. The minimum atomic E-state index is -1.07. The molecule has 0 rings (SSSR count). The van der Waals surface area contributed by atoms with Crippen LogP contribution in [0.25, 0.3) is 0 Å². The summed E-state index contributed by atoms with van der Waals surface area (Å²) in [5.74, 6) is -1.94. The van der Waals surface area contributed by atoms with Crippen LogP contribution in [0.4, 0.5) is 0 Å². The van der Waals surface area contributed by atoms with Gasteiger partial charge in [0.1, 0.15) is 0 Å². The van der Waals surface area contributed by atoms with Gasteiger partial charge in [-0.2, -0.15) is 0 Å². The number of amides is 2. The molecule has 0 radical (unpaired) electrons. The summed E-state index contributed by atoms with van der Waals surface area (Å²) in [6.07, 6.45) is 18.1. The highest BCUT2D eigenvalue weighted by Crippen LogP contribution is 2.13. The Morgan fingerprint density at radius 1 is 0.632 bits per heavy atom. The maximum Gasteiger partial charge on any atom is 0.303 e. The second-order valence-corrected chi connectivity index (χ2v) is 10.8. The molecule has 2 amide bonds. The number of nitrogens with zero attached hydrogens (tertiary/aromatic N) is 1. The van der Waals surface area contributed by atoms with Gasteiger partial charge >= 0.3 is 5.97 Å². The minimum absolute atomic E-state index is 0.120. The van der Waals surface area contributed by atoms with Crippen molar-refractivity contribution >= 4 is 17.8 Å². The molecule has 0 spiro atoms. The van der Waals surface area contributed by atoms with E-state index in [1.165, 1.54) is 69.1 Å². The van der Waals surface area contributed by atoms with Crippen LogP contribution in [0.15, 0.2) is 0 Å². The van der Waals surface area contributed by atoms with Gasteiger partial charge in [0.05, 0.1) is 25.2 Å². The Morgan fingerprint density at radius 2 is 1.03 bits per heavy atom. The topological polar surface area (TPSA) is 127 Å². The van der Waals surface area contributed by atoms with E-state index in [9.17, 15) is 24.6 Å². The molecular formula is C30H58N2O6. The van der Waals surface area contributed by atoms with Crippen LogP contribution in [-0.2, 0) is 14.4 Å². The Morgan fingerprint density at radius 3 is 1.42 bits per heavy atom. The number of aliphatic hydroxyl groups is 2. The number of aliphatic carboxylic acids is 1. The number of nitrogens with one attached hydrogen (secondary N) is 1. The van der Waals surface area contributed by atoms with Crippen molar-refractivity contribution in [3.63, 3.8) is 0 Å². The van der Waals surface area contributed by atoms with Crippen molar-refractivity contribution in [3.05, 3.63) is 0 Å². The van der Waals surface area contributed by atoms with Crippen molar-refractivity contribution in [1.82, 2.24) is 10.2 Å². The Labute approximate surface area is 231 Å². The fraction of sp³-hybridized carbons (Fsp3) is 0.900. The number of carbonyl (C=O) groups is 3. The van der Waals surface area contributed by atoms with E-state index in [2.05, 4.69) is 19.2 Å². The highest BCUT2D eigenvalue weighted by Gasteiger charge is 2.21. The fourth-order valence-corrected chi connectivity index (χ4v) is 4.59. The number of carboxylic acid groups (broad SMARTS) is 1. The highest BCUT2D eigenvalue weighted by atomic mass is 16.4. The van der Waals surface area contributed by atoms with Crippen molar-refractivity contribution in [1.29, 1.82) is 0 Å². The third-order valence-electron chi connectivity index (χ3n) is 7.00. The maximum atomic E-state index is 12.8. The van der Waals surface area contributed by atoms with Crippen LogP contribution in [0.1, 0.15) is 142 Å². The normalized spacial score (nSPS) is 12.7.